The molecule has 3 rings (SSSR count). The third kappa shape index (κ3) is 2.78. The van der Waals surface area contributed by atoms with Gasteiger partial charge in [0, 0.05) is 43.5 Å². The molecule has 3 heterocycles. The second-order valence-corrected chi connectivity index (χ2v) is 5.03. The second-order valence-electron chi connectivity index (χ2n) is 5.03. The molecule has 0 saturated carbocycles. The van der Waals surface area contributed by atoms with Crippen molar-refractivity contribution >= 4 is 29.3 Å². The van der Waals surface area contributed by atoms with Crippen molar-refractivity contribution in [3.63, 3.8) is 0 Å². The third-order valence-electron chi connectivity index (χ3n) is 3.70. The fourth-order valence-electron chi connectivity index (χ4n) is 2.63. The summed E-state index contributed by atoms with van der Waals surface area (Å²) in [6, 6.07) is 4.17. The van der Waals surface area contributed by atoms with Gasteiger partial charge >= 0.3 is 0 Å². The van der Waals surface area contributed by atoms with Gasteiger partial charge < -0.3 is 15.2 Å². The van der Waals surface area contributed by atoms with Crippen molar-refractivity contribution in [2.45, 2.75) is 19.4 Å². The number of fused-ring (bicyclic) bond motifs is 1. The molecule has 1 unspecified atom stereocenters. The van der Waals surface area contributed by atoms with Crippen molar-refractivity contribution in [1.82, 2.24) is 20.2 Å². The van der Waals surface area contributed by atoms with E-state index in [1.807, 2.05) is 23.2 Å². The number of carbonyl (C=O) groups is 1. The number of nitrogens with zero attached hydrogens (tertiary/aromatic N) is 2. The maximum Gasteiger partial charge on any atom is 0.227 e. The van der Waals surface area contributed by atoms with Gasteiger partial charge in [-0.15, -0.1) is 12.4 Å². The summed E-state index contributed by atoms with van der Waals surface area (Å²) in [5.74, 6) is 0.193. The molecular formula is C14H19ClN4O. The summed E-state index contributed by atoms with van der Waals surface area (Å²) in [6.07, 6.45) is 4.08. The lowest BCUT2D eigenvalue weighted by Gasteiger charge is -2.34. The van der Waals surface area contributed by atoms with E-state index in [9.17, 15) is 4.79 Å². The summed E-state index contributed by atoms with van der Waals surface area (Å²) in [4.78, 5) is 21.7. The van der Waals surface area contributed by atoms with E-state index in [1.165, 1.54) is 0 Å². The quantitative estimate of drug-likeness (QED) is 0.879. The smallest absolute Gasteiger partial charge is 0.227 e. The van der Waals surface area contributed by atoms with Gasteiger partial charge in [0.1, 0.15) is 5.65 Å². The van der Waals surface area contributed by atoms with Crippen LogP contribution in [0, 0.1) is 0 Å². The van der Waals surface area contributed by atoms with E-state index in [2.05, 4.69) is 22.2 Å². The first-order valence-corrected chi connectivity index (χ1v) is 6.67. The molecule has 20 heavy (non-hydrogen) atoms. The van der Waals surface area contributed by atoms with Crippen LogP contribution in [-0.2, 0) is 11.2 Å². The summed E-state index contributed by atoms with van der Waals surface area (Å²) in [6.45, 7) is 4.63. The van der Waals surface area contributed by atoms with Crippen molar-refractivity contribution in [2.24, 2.45) is 0 Å². The van der Waals surface area contributed by atoms with Crippen LogP contribution >= 0.6 is 12.4 Å². The van der Waals surface area contributed by atoms with E-state index in [0.717, 1.165) is 36.2 Å². The molecule has 0 aromatic carbocycles. The molecule has 1 aliphatic heterocycles. The lowest BCUT2D eigenvalue weighted by Crippen LogP contribution is -2.52. The van der Waals surface area contributed by atoms with Crippen LogP contribution in [0.5, 0.6) is 0 Å². The molecule has 1 fully saturated rings. The molecule has 108 valence electrons. The summed E-state index contributed by atoms with van der Waals surface area (Å²) in [5, 5.41) is 4.34. The highest BCUT2D eigenvalue weighted by atomic mass is 35.5. The van der Waals surface area contributed by atoms with Crippen molar-refractivity contribution in [1.29, 1.82) is 0 Å². The second kappa shape index (κ2) is 6.24. The third-order valence-corrected chi connectivity index (χ3v) is 3.70. The fraction of sp³-hybridized carbons (Fsp3) is 0.429. The number of halogens is 1. The highest BCUT2D eigenvalue weighted by Crippen LogP contribution is 2.17. The first-order chi connectivity index (χ1) is 9.25. The molecule has 0 aliphatic carbocycles. The zero-order chi connectivity index (χ0) is 13.2. The van der Waals surface area contributed by atoms with E-state index in [0.29, 0.717) is 6.42 Å². The number of nitrogens with one attached hydrogen (secondary N) is 2. The van der Waals surface area contributed by atoms with Crippen LogP contribution in [0.2, 0.25) is 0 Å². The molecule has 1 saturated heterocycles. The molecule has 2 aromatic heterocycles. The van der Waals surface area contributed by atoms with E-state index >= 15 is 0 Å². The summed E-state index contributed by atoms with van der Waals surface area (Å²) < 4.78 is 0. The topological polar surface area (TPSA) is 61.0 Å². The Morgan fingerprint density at radius 3 is 3.20 bits per heavy atom. The van der Waals surface area contributed by atoms with Gasteiger partial charge in [0.25, 0.3) is 0 Å². The Morgan fingerprint density at radius 1 is 1.55 bits per heavy atom. The number of aromatic nitrogens is 2. The molecule has 1 atom stereocenters. The minimum Gasteiger partial charge on any atom is -0.346 e. The van der Waals surface area contributed by atoms with Gasteiger partial charge in [0.05, 0.1) is 6.42 Å². The molecule has 1 aliphatic rings. The molecule has 0 radical (unpaired) electrons. The highest BCUT2D eigenvalue weighted by molar-refractivity contribution is 5.87. The number of piperazine rings is 1. The van der Waals surface area contributed by atoms with E-state index in [4.69, 9.17) is 0 Å². The monoisotopic (exact) mass is 294 g/mol. The fourth-order valence-corrected chi connectivity index (χ4v) is 2.63. The van der Waals surface area contributed by atoms with Gasteiger partial charge in [-0.1, -0.05) is 0 Å². The molecule has 5 nitrogen and oxygen atoms in total. The standard InChI is InChI=1S/C14H18N4O.ClH/c1-10-8-15-5-6-18(10)13(19)7-11-9-17-14-12(11)3-2-4-16-14;/h2-4,9-10,15H,5-8H2,1H3,(H,16,17);1H. The lowest BCUT2D eigenvalue weighted by molar-refractivity contribution is -0.133. The van der Waals surface area contributed by atoms with Gasteiger partial charge in [-0.2, -0.15) is 0 Å². The number of hydrogen-bond acceptors (Lipinski definition) is 3. The van der Waals surface area contributed by atoms with E-state index in [-0.39, 0.29) is 24.4 Å². The van der Waals surface area contributed by atoms with Crippen LogP contribution in [0.15, 0.2) is 24.5 Å². The lowest BCUT2D eigenvalue weighted by atomic mass is 10.1. The minimum atomic E-state index is 0. The number of H-pyrrole nitrogens is 1. The Kier molecular flexibility index (Phi) is 4.62. The number of aromatic amines is 1. The van der Waals surface area contributed by atoms with Crippen LogP contribution in [0.4, 0.5) is 0 Å². The first kappa shape index (κ1) is 14.8. The van der Waals surface area contributed by atoms with Crippen LogP contribution in [0.25, 0.3) is 11.0 Å². The average Bonchev–Trinajstić information content (AvgIpc) is 2.83. The largest absolute Gasteiger partial charge is 0.346 e. The summed E-state index contributed by atoms with van der Waals surface area (Å²) in [7, 11) is 0. The normalized spacial score (nSPS) is 18.9. The maximum absolute atomic E-state index is 12.4. The van der Waals surface area contributed by atoms with Crippen LogP contribution < -0.4 is 5.32 Å². The van der Waals surface area contributed by atoms with Crippen LogP contribution in [-0.4, -0.2) is 46.5 Å². The summed E-state index contributed by atoms with van der Waals surface area (Å²) in [5.41, 5.74) is 1.87. The molecular weight excluding hydrogens is 276 g/mol. The Labute approximate surface area is 124 Å². The molecule has 1 amide bonds. The van der Waals surface area contributed by atoms with Crippen molar-refractivity contribution < 1.29 is 4.79 Å². The molecule has 2 N–H and O–H groups in total. The Hall–Kier alpha value is -1.59. The highest BCUT2D eigenvalue weighted by Gasteiger charge is 2.23. The van der Waals surface area contributed by atoms with Gasteiger partial charge in [0.2, 0.25) is 5.91 Å². The van der Waals surface area contributed by atoms with Crippen LogP contribution in [0.3, 0.4) is 0 Å². The number of carbonyl (C=O) groups excluding carboxylic acids is 1. The Morgan fingerprint density at radius 2 is 2.40 bits per heavy atom. The van der Waals surface area contributed by atoms with Gasteiger partial charge in [-0.25, -0.2) is 4.98 Å². The first-order valence-electron chi connectivity index (χ1n) is 6.67. The zero-order valence-corrected chi connectivity index (χ0v) is 12.2. The Balaban J connectivity index is 0.00000147. The number of amides is 1. The van der Waals surface area contributed by atoms with Gasteiger partial charge in [-0.3, -0.25) is 4.79 Å². The van der Waals surface area contributed by atoms with Crippen molar-refractivity contribution in [3.8, 4) is 0 Å². The van der Waals surface area contributed by atoms with Crippen molar-refractivity contribution in [2.75, 3.05) is 19.6 Å². The van der Waals surface area contributed by atoms with Crippen molar-refractivity contribution in [3.05, 3.63) is 30.1 Å². The predicted molar refractivity (Wildman–Crippen MR) is 81.1 cm³/mol. The number of pyridine rings is 1. The maximum atomic E-state index is 12.4. The van der Waals surface area contributed by atoms with Crippen LogP contribution in [0.1, 0.15) is 12.5 Å². The van der Waals surface area contributed by atoms with Gasteiger partial charge in [-0.05, 0) is 24.6 Å². The number of hydrogen-bond donors (Lipinski definition) is 2. The number of rotatable bonds is 2. The van der Waals surface area contributed by atoms with E-state index in [1.54, 1.807) is 6.20 Å². The van der Waals surface area contributed by atoms with Gasteiger partial charge in [0.15, 0.2) is 0 Å². The zero-order valence-electron chi connectivity index (χ0n) is 11.4. The van der Waals surface area contributed by atoms with E-state index < -0.39 is 0 Å². The average molecular weight is 295 g/mol. The summed E-state index contributed by atoms with van der Waals surface area (Å²) >= 11 is 0. The molecule has 6 heteroatoms. The molecule has 0 bridgehead atoms. The molecule has 2 aromatic rings. The SMILES string of the molecule is CC1CNCCN1C(=O)Cc1c[nH]c2ncccc12.Cl. The minimum absolute atomic E-state index is 0. The molecule has 0 spiro atoms. The predicted octanol–water partition coefficient (Wildman–Crippen LogP) is 1.35. The Bertz CT molecular complexity index is 598.